The number of carbonyl (C=O) groups is 1. The molecule has 5 nitrogen and oxygen atoms in total. The van der Waals surface area contributed by atoms with Crippen molar-refractivity contribution in [3.63, 3.8) is 0 Å². The van der Waals surface area contributed by atoms with Crippen LogP contribution in [0.3, 0.4) is 0 Å². The fourth-order valence-electron chi connectivity index (χ4n) is 3.63. The lowest BCUT2D eigenvalue weighted by atomic mass is 10.2. The molecule has 0 radical (unpaired) electrons. The van der Waals surface area contributed by atoms with Crippen LogP contribution in [0, 0.1) is 5.82 Å². The second kappa shape index (κ2) is 13.5. The highest BCUT2D eigenvalue weighted by atomic mass is 35.5. The third-order valence-corrected chi connectivity index (χ3v) is 11.0. The van der Waals surface area contributed by atoms with Gasteiger partial charge in [-0.1, -0.05) is 55.7 Å². The van der Waals surface area contributed by atoms with Gasteiger partial charge in [-0.15, -0.1) is 11.6 Å². The number of halogens is 4. The molecule has 0 N–H and O–H groups in total. The maximum atomic E-state index is 15.2. The Hall–Kier alpha value is -2.53. The standard InChI is InChI=1S/C27H28ClF3O5S2/c28-20-10-2-1-3-11-21-35-26(32)27(30,31)38(33,34)36-37(23-12-6-4-7-13-23,24-14-8-5-9-15-24)25-18-16-22(29)17-19-25/h4-9,12-19H,1-3,10-11,20-21H2. The van der Waals surface area contributed by atoms with Crippen LogP contribution >= 0.6 is 21.9 Å². The molecule has 0 saturated heterocycles. The molecule has 0 aliphatic heterocycles. The van der Waals surface area contributed by atoms with Crippen LogP contribution in [-0.2, 0) is 23.3 Å². The van der Waals surface area contributed by atoms with Crippen LogP contribution in [0.15, 0.2) is 99.6 Å². The Kier molecular flexibility index (Phi) is 10.7. The van der Waals surface area contributed by atoms with Gasteiger partial charge in [-0.2, -0.15) is 17.2 Å². The maximum Gasteiger partial charge on any atom is 0.466 e. The summed E-state index contributed by atoms with van der Waals surface area (Å²) in [6.07, 6.45) is 3.35. The van der Waals surface area contributed by atoms with Gasteiger partial charge in [-0.25, -0.2) is 12.8 Å². The number of rotatable bonds is 14. The summed E-state index contributed by atoms with van der Waals surface area (Å²) in [5.74, 6) is -2.30. The number of hydrogen-bond donors (Lipinski definition) is 0. The fourth-order valence-corrected chi connectivity index (χ4v) is 8.86. The van der Waals surface area contributed by atoms with Crippen molar-refractivity contribution in [1.29, 1.82) is 0 Å². The Labute approximate surface area is 227 Å². The first-order valence-corrected chi connectivity index (χ1v) is 15.4. The molecule has 0 saturated carbocycles. The first-order chi connectivity index (χ1) is 18.1. The quantitative estimate of drug-likeness (QED) is 0.110. The lowest BCUT2D eigenvalue weighted by molar-refractivity contribution is -0.161. The van der Waals surface area contributed by atoms with Crippen molar-refractivity contribution < 1.29 is 34.7 Å². The molecular weight excluding hydrogens is 561 g/mol. The summed E-state index contributed by atoms with van der Waals surface area (Å²) in [7, 11) is -9.32. The average molecular weight is 589 g/mol. The van der Waals surface area contributed by atoms with Gasteiger partial charge in [-0.05, 0) is 71.7 Å². The lowest BCUT2D eigenvalue weighted by Crippen LogP contribution is -2.41. The van der Waals surface area contributed by atoms with Gasteiger partial charge in [0.25, 0.3) is 0 Å². The molecule has 3 rings (SSSR count). The minimum absolute atomic E-state index is 0.140. The molecule has 11 heteroatoms. The third kappa shape index (κ3) is 6.91. The SMILES string of the molecule is O=C(OCCCCCCCCl)C(F)(F)S(=O)(=O)OS(c1ccccc1)(c1ccccc1)c1ccc(F)cc1. The van der Waals surface area contributed by atoms with E-state index in [1.54, 1.807) is 36.4 Å². The highest BCUT2D eigenvalue weighted by molar-refractivity contribution is 8.33. The predicted molar refractivity (Wildman–Crippen MR) is 141 cm³/mol. The Morgan fingerprint density at radius 2 is 1.21 bits per heavy atom. The lowest BCUT2D eigenvalue weighted by Gasteiger charge is -2.39. The molecule has 0 fully saturated rings. The van der Waals surface area contributed by atoms with E-state index in [0.717, 1.165) is 31.4 Å². The Balaban J connectivity index is 1.98. The van der Waals surface area contributed by atoms with Crippen molar-refractivity contribution in [2.24, 2.45) is 0 Å². The molecular formula is C27H28ClF3O5S2. The van der Waals surface area contributed by atoms with E-state index >= 15 is 8.78 Å². The van der Waals surface area contributed by atoms with Crippen molar-refractivity contribution in [3.8, 4) is 0 Å². The van der Waals surface area contributed by atoms with Crippen molar-refractivity contribution in [2.75, 3.05) is 12.5 Å². The number of ether oxygens (including phenoxy) is 1. The zero-order valence-electron chi connectivity index (χ0n) is 20.4. The molecule has 38 heavy (non-hydrogen) atoms. The molecule has 0 aromatic heterocycles. The minimum Gasteiger partial charge on any atom is -0.460 e. The number of carbonyl (C=O) groups excluding carboxylic acids is 1. The van der Waals surface area contributed by atoms with Gasteiger partial charge < -0.3 is 4.74 Å². The Morgan fingerprint density at radius 3 is 1.74 bits per heavy atom. The number of alkyl halides is 3. The van der Waals surface area contributed by atoms with Crippen LogP contribution < -0.4 is 0 Å². The second-order valence-electron chi connectivity index (χ2n) is 8.27. The summed E-state index contributed by atoms with van der Waals surface area (Å²) in [5.41, 5.74) is 0. The van der Waals surface area contributed by atoms with Crippen LogP contribution in [0.2, 0.25) is 0 Å². The van der Waals surface area contributed by atoms with E-state index in [-0.39, 0.29) is 21.3 Å². The fraction of sp³-hybridized carbons (Fsp3) is 0.296. The molecule has 0 heterocycles. The largest absolute Gasteiger partial charge is 0.466 e. The molecule has 0 atom stereocenters. The Bertz CT molecular complexity index is 1240. The normalized spacial score (nSPS) is 12.7. The van der Waals surface area contributed by atoms with E-state index in [0.29, 0.717) is 18.7 Å². The van der Waals surface area contributed by atoms with Crippen molar-refractivity contribution in [2.45, 2.75) is 52.0 Å². The van der Waals surface area contributed by atoms with Gasteiger partial charge in [-0.3, -0.25) is 0 Å². The van der Waals surface area contributed by atoms with E-state index < -0.39 is 37.5 Å². The summed E-state index contributed by atoms with van der Waals surface area (Å²) >= 11 is 5.61. The van der Waals surface area contributed by atoms with E-state index in [9.17, 15) is 17.6 Å². The summed E-state index contributed by atoms with van der Waals surface area (Å²) in [6, 6.07) is 20.6. The molecule has 0 aliphatic carbocycles. The molecule has 0 spiro atoms. The van der Waals surface area contributed by atoms with Gasteiger partial charge >= 0.3 is 21.3 Å². The van der Waals surface area contributed by atoms with E-state index in [1.807, 2.05) is 0 Å². The monoisotopic (exact) mass is 588 g/mol. The number of benzene rings is 3. The molecule has 206 valence electrons. The zero-order valence-corrected chi connectivity index (χ0v) is 22.8. The van der Waals surface area contributed by atoms with E-state index in [1.165, 1.54) is 36.4 Å². The van der Waals surface area contributed by atoms with Crippen molar-refractivity contribution in [1.82, 2.24) is 0 Å². The summed E-state index contributed by atoms with van der Waals surface area (Å²) < 4.78 is 80.6. The molecule has 0 aliphatic rings. The predicted octanol–water partition coefficient (Wildman–Crippen LogP) is 7.69. The van der Waals surface area contributed by atoms with Crippen LogP contribution in [-0.4, -0.2) is 32.1 Å². The van der Waals surface area contributed by atoms with Gasteiger partial charge in [0.05, 0.1) is 6.61 Å². The summed E-state index contributed by atoms with van der Waals surface area (Å²) in [6.45, 7) is -0.363. The first-order valence-electron chi connectivity index (χ1n) is 11.9. The summed E-state index contributed by atoms with van der Waals surface area (Å²) in [5, 5.41) is -4.99. The number of unbranched alkanes of at least 4 members (excludes halogenated alkanes) is 4. The van der Waals surface area contributed by atoms with Crippen molar-refractivity contribution >= 4 is 38.0 Å². The highest BCUT2D eigenvalue weighted by Gasteiger charge is 2.58. The average Bonchev–Trinajstić information content (AvgIpc) is 2.92. The van der Waals surface area contributed by atoms with E-state index in [4.69, 9.17) is 15.2 Å². The highest BCUT2D eigenvalue weighted by Crippen LogP contribution is 2.70. The minimum atomic E-state index is -5.91. The first kappa shape index (κ1) is 30.0. The molecule has 0 unspecified atom stereocenters. The summed E-state index contributed by atoms with van der Waals surface area (Å²) in [4.78, 5) is 12.9. The second-order valence-corrected chi connectivity index (χ2v) is 13.1. The molecule has 3 aromatic carbocycles. The zero-order chi connectivity index (χ0) is 27.7. The smallest absolute Gasteiger partial charge is 0.460 e. The molecule has 3 aromatic rings. The van der Waals surface area contributed by atoms with Crippen LogP contribution in [0.25, 0.3) is 0 Å². The van der Waals surface area contributed by atoms with E-state index in [2.05, 4.69) is 4.74 Å². The van der Waals surface area contributed by atoms with Gasteiger partial charge in [0.2, 0.25) is 0 Å². The number of hydrogen-bond acceptors (Lipinski definition) is 5. The topological polar surface area (TPSA) is 69.7 Å². The maximum absolute atomic E-state index is 15.2. The van der Waals surface area contributed by atoms with Gasteiger partial charge in [0.1, 0.15) is 5.82 Å². The number of esters is 1. The van der Waals surface area contributed by atoms with Crippen LogP contribution in [0.5, 0.6) is 0 Å². The van der Waals surface area contributed by atoms with Gasteiger partial charge in [0, 0.05) is 20.6 Å². The third-order valence-electron chi connectivity index (χ3n) is 5.55. The molecule has 0 amide bonds. The van der Waals surface area contributed by atoms with Gasteiger partial charge in [0.15, 0.2) is 0 Å². The van der Waals surface area contributed by atoms with Crippen LogP contribution in [0.1, 0.15) is 32.1 Å². The van der Waals surface area contributed by atoms with Crippen molar-refractivity contribution in [3.05, 3.63) is 90.7 Å². The Morgan fingerprint density at radius 1 is 0.737 bits per heavy atom. The molecule has 0 bridgehead atoms. The van der Waals surface area contributed by atoms with Crippen LogP contribution in [0.4, 0.5) is 13.2 Å².